The molecule has 1 saturated heterocycles. The molecule has 0 radical (unpaired) electrons. The maximum atomic E-state index is 5.77. The van der Waals surface area contributed by atoms with E-state index in [0.717, 1.165) is 5.56 Å². The van der Waals surface area contributed by atoms with Crippen LogP contribution in [0.15, 0.2) is 24.3 Å². The first-order valence-electron chi connectivity index (χ1n) is 4.38. The van der Waals surface area contributed by atoms with Crippen LogP contribution in [0, 0.1) is 0 Å². The van der Waals surface area contributed by atoms with Crippen LogP contribution in [0.3, 0.4) is 0 Å². The van der Waals surface area contributed by atoms with Gasteiger partial charge in [-0.25, -0.2) is 0 Å². The van der Waals surface area contributed by atoms with Gasteiger partial charge in [-0.3, -0.25) is 0 Å². The number of halogens is 2. The molecular weight excluding hydrogens is 223 g/mol. The Balaban J connectivity index is 2.06. The molecular formula is C10H10Cl2O2. The SMILES string of the molecule is ClC[C@H]1CO[C@H](c2ccc(Cl)cc2)O1. The zero-order valence-corrected chi connectivity index (χ0v) is 8.96. The summed E-state index contributed by atoms with van der Waals surface area (Å²) in [4.78, 5) is 0. The molecule has 0 amide bonds. The lowest BCUT2D eigenvalue weighted by Crippen LogP contribution is -2.10. The molecule has 2 rings (SSSR count). The second-order valence-electron chi connectivity index (χ2n) is 3.13. The monoisotopic (exact) mass is 232 g/mol. The Bertz CT molecular complexity index is 299. The molecule has 14 heavy (non-hydrogen) atoms. The van der Waals surface area contributed by atoms with Crippen molar-refractivity contribution in [1.29, 1.82) is 0 Å². The standard InChI is InChI=1S/C10H10Cl2O2/c11-5-9-6-13-10(14-9)7-1-3-8(12)4-2-7/h1-4,9-10H,5-6H2/t9-,10-/m0/s1. The van der Waals surface area contributed by atoms with E-state index in [-0.39, 0.29) is 12.4 Å². The van der Waals surface area contributed by atoms with E-state index in [1.54, 1.807) is 0 Å². The number of alkyl halides is 1. The third-order valence-electron chi connectivity index (χ3n) is 2.06. The van der Waals surface area contributed by atoms with Crippen LogP contribution >= 0.6 is 23.2 Å². The minimum atomic E-state index is -0.295. The number of hydrogen-bond donors (Lipinski definition) is 0. The van der Waals surface area contributed by atoms with Gasteiger partial charge in [-0.1, -0.05) is 23.7 Å². The summed E-state index contributed by atoms with van der Waals surface area (Å²) in [6, 6.07) is 7.42. The molecule has 0 aromatic heterocycles. The third kappa shape index (κ3) is 2.20. The van der Waals surface area contributed by atoms with Crippen molar-refractivity contribution in [2.75, 3.05) is 12.5 Å². The van der Waals surface area contributed by atoms with Crippen LogP contribution in [0.4, 0.5) is 0 Å². The molecule has 1 fully saturated rings. The second kappa shape index (κ2) is 4.49. The van der Waals surface area contributed by atoms with Gasteiger partial charge in [0.05, 0.1) is 18.6 Å². The van der Waals surface area contributed by atoms with E-state index in [0.29, 0.717) is 17.5 Å². The highest BCUT2D eigenvalue weighted by Crippen LogP contribution is 2.27. The van der Waals surface area contributed by atoms with Gasteiger partial charge in [0, 0.05) is 10.6 Å². The van der Waals surface area contributed by atoms with Gasteiger partial charge in [0.25, 0.3) is 0 Å². The van der Waals surface area contributed by atoms with Gasteiger partial charge in [0.2, 0.25) is 0 Å². The Labute approximate surface area is 92.7 Å². The van der Waals surface area contributed by atoms with E-state index >= 15 is 0 Å². The van der Waals surface area contributed by atoms with Gasteiger partial charge in [0.15, 0.2) is 6.29 Å². The highest BCUT2D eigenvalue weighted by Gasteiger charge is 2.26. The molecule has 2 nitrogen and oxygen atoms in total. The Hall–Kier alpha value is -0.280. The lowest BCUT2D eigenvalue weighted by Gasteiger charge is -2.10. The highest BCUT2D eigenvalue weighted by molar-refractivity contribution is 6.30. The summed E-state index contributed by atoms with van der Waals surface area (Å²) >= 11 is 11.4. The van der Waals surface area contributed by atoms with Crippen molar-refractivity contribution in [3.63, 3.8) is 0 Å². The van der Waals surface area contributed by atoms with Crippen molar-refractivity contribution in [3.8, 4) is 0 Å². The lowest BCUT2D eigenvalue weighted by molar-refractivity contribution is -0.0567. The van der Waals surface area contributed by atoms with E-state index < -0.39 is 0 Å². The third-order valence-corrected chi connectivity index (χ3v) is 2.66. The van der Waals surface area contributed by atoms with E-state index in [1.165, 1.54) is 0 Å². The first-order valence-corrected chi connectivity index (χ1v) is 5.29. The van der Waals surface area contributed by atoms with Crippen molar-refractivity contribution >= 4 is 23.2 Å². The summed E-state index contributed by atoms with van der Waals surface area (Å²) in [6.07, 6.45) is -0.298. The topological polar surface area (TPSA) is 18.5 Å². The zero-order chi connectivity index (χ0) is 9.97. The maximum Gasteiger partial charge on any atom is 0.184 e. The molecule has 0 unspecified atom stereocenters. The normalized spacial score (nSPS) is 26.7. The van der Waals surface area contributed by atoms with Gasteiger partial charge in [-0.15, -0.1) is 11.6 Å². The van der Waals surface area contributed by atoms with Crippen LogP contribution in [0.5, 0.6) is 0 Å². The van der Waals surface area contributed by atoms with E-state index in [2.05, 4.69) is 0 Å². The summed E-state index contributed by atoms with van der Waals surface area (Å²) in [5, 5.41) is 0.709. The molecule has 1 heterocycles. The Morgan fingerprint density at radius 1 is 1.29 bits per heavy atom. The predicted molar refractivity (Wildman–Crippen MR) is 55.7 cm³/mol. The summed E-state index contributed by atoms with van der Waals surface area (Å²) in [5.41, 5.74) is 0.974. The largest absolute Gasteiger partial charge is 0.346 e. The van der Waals surface area contributed by atoms with Crippen LogP contribution in [-0.2, 0) is 9.47 Å². The fourth-order valence-electron chi connectivity index (χ4n) is 1.32. The van der Waals surface area contributed by atoms with E-state index in [9.17, 15) is 0 Å². The van der Waals surface area contributed by atoms with Gasteiger partial charge in [0.1, 0.15) is 0 Å². The van der Waals surface area contributed by atoms with Crippen molar-refractivity contribution in [3.05, 3.63) is 34.9 Å². The van der Waals surface area contributed by atoms with E-state index in [1.807, 2.05) is 24.3 Å². The van der Waals surface area contributed by atoms with Crippen molar-refractivity contribution in [1.82, 2.24) is 0 Å². The average Bonchev–Trinajstić information content (AvgIpc) is 2.67. The van der Waals surface area contributed by atoms with Crippen LogP contribution in [0.1, 0.15) is 11.9 Å². The van der Waals surface area contributed by atoms with Crippen LogP contribution in [0.2, 0.25) is 5.02 Å². The summed E-state index contributed by atoms with van der Waals surface area (Å²) in [7, 11) is 0. The van der Waals surface area contributed by atoms with Gasteiger partial charge >= 0.3 is 0 Å². The van der Waals surface area contributed by atoms with Crippen LogP contribution in [-0.4, -0.2) is 18.6 Å². The summed E-state index contributed by atoms with van der Waals surface area (Å²) < 4.78 is 11.0. The minimum absolute atomic E-state index is 0.00246. The number of hydrogen-bond acceptors (Lipinski definition) is 2. The second-order valence-corrected chi connectivity index (χ2v) is 3.87. The molecule has 1 aromatic rings. The molecule has 4 heteroatoms. The molecule has 1 aliphatic heterocycles. The minimum Gasteiger partial charge on any atom is -0.346 e. The number of benzene rings is 1. The first-order chi connectivity index (χ1) is 6.79. The Morgan fingerprint density at radius 3 is 2.57 bits per heavy atom. The van der Waals surface area contributed by atoms with Crippen molar-refractivity contribution in [2.45, 2.75) is 12.4 Å². The molecule has 0 N–H and O–H groups in total. The maximum absolute atomic E-state index is 5.77. The van der Waals surface area contributed by atoms with Gasteiger partial charge in [-0.05, 0) is 12.1 Å². The molecule has 2 atom stereocenters. The van der Waals surface area contributed by atoms with Crippen molar-refractivity contribution < 1.29 is 9.47 Å². The Morgan fingerprint density at radius 2 is 2.00 bits per heavy atom. The van der Waals surface area contributed by atoms with Gasteiger partial charge < -0.3 is 9.47 Å². The summed E-state index contributed by atoms with van der Waals surface area (Å²) in [6.45, 7) is 0.552. The number of rotatable bonds is 2. The van der Waals surface area contributed by atoms with Crippen LogP contribution < -0.4 is 0 Å². The fraction of sp³-hybridized carbons (Fsp3) is 0.400. The quantitative estimate of drug-likeness (QED) is 0.731. The predicted octanol–water partition coefficient (Wildman–Crippen LogP) is 2.99. The highest BCUT2D eigenvalue weighted by atomic mass is 35.5. The molecule has 1 aliphatic rings. The van der Waals surface area contributed by atoms with E-state index in [4.69, 9.17) is 32.7 Å². The Kier molecular flexibility index (Phi) is 3.29. The van der Waals surface area contributed by atoms with Crippen molar-refractivity contribution in [2.24, 2.45) is 0 Å². The average molecular weight is 233 g/mol. The fourth-order valence-corrected chi connectivity index (χ4v) is 1.61. The molecule has 0 spiro atoms. The molecule has 76 valence electrons. The lowest BCUT2D eigenvalue weighted by atomic mass is 10.2. The van der Waals surface area contributed by atoms with Crippen LogP contribution in [0.25, 0.3) is 0 Å². The number of ether oxygens (including phenoxy) is 2. The molecule has 0 aliphatic carbocycles. The molecule has 1 aromatic carbocycles. The smallest absolute Gasteiger partial charge is 0.184 e. The zero-order valence-electron chi connectivity index (χ0n) is 7.45. The first kappa shape index (κ1) is 10.2. The summed E-state index contributed by atoms with van der Waals surface area (Å²) in [5.74, 6) is 0.462. The molecule has 0 saturated carbocycles. The van der Waals surface area contributed by atoms with Gasteiger partial charge in [-0.2, -0.15) is 0 Å². The molecule has 0 bridgehead atoms.